The van der Waals surface area contributed by atoms with Crippen LogP contribution in [0.2, 0.25) is 0 Å². The summed E-state index contributed by atoms with van der Waals surface area (Å²) >= 11 is 0. The van der Waals surface area contributed by atoms with Gasteiger partial charge in [0, 0.05) is 25.5 Å². The zero-order chi connectivity index (χ0) is 23.4. The molecule has 0 saturated carbocycles. The molecule has 0 aliphatic carbocycles. The lowest BCUT2D eigenvalue weighted by Crippen LogP contribution is -2.36. The molecule has 0 atom stereocenters. The van der Waals surface area contributed by atoms with Gasteiger partial charge in [0.25, 0.3) is 11.8 Å². The highest BCUT2D eigenvalue weighted by Gasteiger charge is 2.42. The first-order chi connectivity index (χ1) is 16.0. The second-order valence-corrected chi connectivity index (χ2v) is 7.56. The van der Waals surface area contributed by atoms with Gasteiger partial charge in [-0.05, 0) is 66.9 Å². The van der Waals surface area contributed by atoms with E-state index in [0.717, 1.165) is 10.5 Å². The molecule has 0 fully saturated rings. The molecular formula is C26H24FN3O3. The van der Waals surface area contributed by atoms with Gasteiger partial charge in [0.05, 0.1) is 18.4 Å². The number of nitrogens with zero attached hydrogens (tertiary/aromatic N) is 3. The zero-order valence-corrected chi connectivity index (χ0v) is 18.5. The number of rotatable bonds is 8. The molecule has 1 aliphatic heterocycles. The maximum Gasteiger partial charge on any atom is 0.282 e. The molecule has 7 heteroatoms. The summed E-state index contributed by atoms with van der Waals surface area (Å²) in [5.41, 5.74) is 2.49. The van der Waals surface area contributed by atoms with Crippen LogP contribution >= 0.6 is 0 Å². The first kappa shape index (κ1) is 22.2. The molecule has 2 amide bonds. The van der Waals surface area contributed by atoms with Crippen molar-refractivity contribution in [1.82, 2.24) is 9.88 Å². The number of amides is 2. The number of pyridine rings is 1. The Morgan fingerprint density at radius 2 is 1.73 bits per heavy atom. The van der Waals surface area contributed by atoms with E-state index in [0.29, 0.717) is 42.1 Å². The lowest BCUT2D eigenvalue weighted by atomic mass is 10.0. The van der Waals surface area contributed by atoms with Gasteiger partial charge in [0.15, 0.2) is 0 Å². The van der Waals surface area contributed by atoms with E-state index >= 15 is 0 Å². The quantitative estimate of drug-likeness (QED) is 0.489. The number of ether oxygens (including phenoxy) is 1. The predicted molar refractivity (Wildman–Crippen MR) is 124 cm³/mol. The van der Waals surface area contributed by atoms with Crippen LogP contribution < -0.4 is 9.64 Å². The van der Waals surface area contributed by atoms with E-state index in [1.807, 2.05) is 24.0 Å². The highest BCUT2D eigenvalue weighted by atomic mass is 19.1. The second kappa shape index (κ2) is 9.65. The number of imide groups is 1. The van der Waals surface area contributed by atoms with E-state index in [2.05, 4.69) is 4.98 Å². The predicted octanol–water partition coefficient (Wildman–Crippen LogP) is 4.08. The topological polar surface area (TPSA) is 62.7 Å². The third-order valence-electron chi connectivity index (χ3n) is 5.62. The molecular weight excluding hydrogens is 421 g/mol. The molecule has 1 aromatic heterocycles. The van der Waals surface area contributed by atoms with Crippen molar-refractivity contribution in [2.75, 3.05) is 25.1 Å². The Kier molecular flexibility index (Phi) is 6.49. The number of hydrogen-bond donors (Lipinski definition) is 0. The fraction of sp³-hybridized carbons (Fsp3) is 0.192. The van der Waals surface area contributed by atoms with Gasteiger partial charge in [-0.15, -0.1) is 0 Å². The minimum atomic E-state index is -0.516. The first-order valence-electron chi connectivity index (χ1n) is 10.7. The van der Waals surface area contributed by atoms with Crippen molar-refractivity contribution in [3.63, 3.8) is 0 Å². The van der Waals surface area contributed by atoms with E-state index in [-0.39, 0.29) is 5.69 Å². The Balaban J connectivity index is 1.76. The standard InChI is InChI=1S/C26H24FN3O3/c1-3-29(16-13-18-11-14-28-15-12-18)24-23(19-7-9-22(33-2)10-8-19)25(31)30(26(24)32)21-6-4-5-20(27)17-21/h4-12,14-15,17H,3,13,16H2,1-2H3. The molecule has 2 heterocycles. The third-order valence-corrected chi connectivity index (χ3v) is 5.62. The number of anilines is 1. The van der Waals surface area contributed by atoms with Gasteiger partial charge in [-0.25, -0.2) is 9.29 Å². The molecule has 0 spiro atoms. The van der Waals surface area contributed by atoms with Gasteiger partial charge in [0.1, 0.15) is 17.3 Å². The van der Waals surface area contributed by atoms with Crippen LogP contribution in [-0.2, 0) is 16.0 Å². The number of likely N-dealkylation sites (N-methyl/N-ethyl adjacent to an activating group) is 1. The molecule has 0 bridgehead atoms. The Morgan fingerprint density at radius 3 is 2.36 bits per heavy atom. The van der Waals surface area contributed by atoms with Gasteiger partial charge in [0.2, 0.25) is 0 Å². The third kappa shape index (κ3) is 4.48. The molecule has 3 aromatic rings. The lowest BCUT2D eigenvalue weighted by Gasteiger charge is -2.25. The van der Waals surface area contributed by atoms with Crippen molar-refractivity contribution in [3.05, 3.63) is 95.7 Å². The number of carbonyl (C=O) groups excluding carboxylic acids is 2. The summed E-state index contributed by atoms with van der Waals surface area (Å²) in [6.45, 7) is 3.00. The Labute approximate surface area is 191 Å². The SMILES string of the molecule is CCN(CCc1ccncc1)C1=C(c2ccc(OC)cc2)C(=O)N(c2cccc(F)c2)C1=O. The molecule has 0 saturated heterocycles. The average molecular weight is 445 g/mol. The zero-order valence-electron chi connectivity index (χ0n) is 18.5. The van der Waals surface area contributed by atoms with Crippen molar-refractivity contribution in [2.24, 2.45) is 0 Å². The molecule has 4 rings (SSSR count). The van der Waals surface area contributed by atoms with Crippen LogP contribution in [0.1, 0.15) is 18.1 Å². The molecule has 1 aliphatic rings. The Morgan fingerprint density at radius 1 is 1.00 bits per heavy atom. The molecule has 2 aromatic carbocycles. The molecule has 0 unspecified atom stereocenters. The van der Waals surface area contributed by atoms with Crippen LogP contribution in [0.5, 0.6) is 5.75 Å². The number of carbonyl (C=O) groups is 2. The largest absolute Gasteiger partial charge is 0.497 e. The molecule has 6 nitrogen and oxygen atoms in total. The molecule has 0 radical (unpaired) electrons. The van der Waals surface area contributed by atoms with Crippen LogP contribution in [0, 0.1) is 5.82 Å². The smallest absolute Gasteiger partial charge is 0.282 e. The normalized spacial score (nSPS) is 13.6. The van der Waals surface area contributed by atoms with Gasteiger partial charge in [-0.1, -0.05) is 18.2 Å². The number of aromatic nitrogens is 1. The van der Waals surface area contributed by atoms with Crippen LogP contribution in [-0.4, -0.2) is 41.9 Å². The minimum Gasteiger partial charge on any atom is -0.497 e. The van der Waals surface area contributed by atoms with E-state index in [9.17, 15) is 14.0 Å². The van der Waals surface area contributed by atoms with Crippen LogP contribution in [0.3, 0.4) is 0 Å². The number of benzene rings is 2. The number of halogens is 1. The van der Waals surface area contributed by atoms with Crippen molar-refractivity contribution >= 4 is 23.1 Å². The summed E-state index contributed by atoms with van der Waals surface area (Å²) in [6.07, 6.45) is 4.13. The van der Waals surface area contributed by atoms with Crippen molar-refractivity contribution in [3.8, 4) is 5.75 Å². The average Bonchev–Trinajstić information content (AvgIpc) is 3.10. The van der Waals surface area contributed by atoms with Crippen molar-refractivity contribution < 1.29 is 18.7 Å². The lowest BCUT2D eigenvalue weighted by molar-refractivity contribution is -0.120. The van der Waals surface area contributed by atoms with Crippen LogP contribution in [0.15, 0.2) is 78.8 Å². The number of methoxy groups -OCH3 is 1. The van der Waals surface area contributed by atoms with E-state index in [1.165, 1.54) is 18.2 Å². The van der Waals surface area contributed by atoms with E-state index < -0.39 is 17.6 Å². The first-order valence-corrected chi connectivity index (χ1v) is 10.7. The minimum absolute atomic E-state index is 0.205. The van der Waals surface area contributed by atoms with Gasteiger partial charge < -0.3 is 9.64 Å². The summed E-state index contributed by atoms with van der Waals surface area (Å²) in [4.78, 5) is 34.1. The van der Waals surface area contributed by atoms with Gasteiger partial charge >= 0.3 is 0 Å². The van der Waals surface area contributed by atoms with Gasteiger partial charge in [-0.2, -0.15) is 0 Å². The summed E-state index contributed by atoms with van der Waals surface area (Å²) in [5.74, 6) is -0.816. The highest BCUT2D eigenvalue weighted by Crippen LogP contribution is 2.35. The molecule has 0 N–H and O–H groups in total. The summed E-state index contributed by atoms with van der Waals surface area (Å²) in [6, 6.07) is 16.4. The monoisotopic (exact) mass is 445 g/mol. The van der Waals surface area contributed by atoms with Crippen LogP contribution in [0.4, 0.5) is 10.1 Å². The Bertz CT molecular complexity index is 1190. The van der Waals surface area contributed by atoms with Crippen molar-refractivity contribution in [2.45, 2.75) is 13.3 Å². The fourth-order valence-corrected chi connectivity index (χ4v) is 3.92. The maximum atomic E-state index is 13.9. The van der Waals surface area contributed by atoms with E-state index in [1.54, 1.807) is 49.8 Å². The highest BCUT2D eigenvalue weighted by molar-refractivity contribution is 6.45. The number of hydrogen-bond acceptors (Lipinski definition) is 5. The molecule has 168 valence electrons. The molecule has 33 heavy (non-hydrogen) atoms. The fourth-order valence-electron chi connectivity index (χ4n) is 3.92. The van der Waals surface area contributed by atoms with E-state index in [4.69, 9.17) is 4.74 Å². The van der Waals surface area contributed by atoms with Gasteiger partial charge in [-0.3, -0.25) is 14.6 Å². The summed E-state index contributed by atoms with van der Waals surface area (Å²) in [5, 5.41) is 0. The summed E-state index contributed by atoms with van der Waals surface area (Å²) < 4.78 is 19.1. The maximum absolute atomic E-state index is 13.9. The van der Waals surface area contributed by atoms with Crippen molar-refractivity contribution in [1.29, 1.82) is 0 Å². The second-order valence-electron chi connectivity index (χ2n) is 7.56. The Hall–Kier alpha value is -4.00. The summed E-state index contributed by atoms with van der Waals surface area (Å²) in [7, 11) is 1.56. The van der Waals surface area contributed by atoms with Crippen LogP contribution in [0.25, 0.3) is 5.57 Å².